The summed E-state index contributed by atoms with van der Waals surface area (Å²) >= 11 is 0. The maximum atomic E-state index is 11.1. The van der Waals surface area contributed by atoms with Crippen LogP contribution in [0.2, 0.25) is 0 Å². The number of allylic oxidation sites excluding steroid dienone is 3. The Morgan fingerprint density at radius 2 is 1.90 bits per heavy atom. The zero-order valence-corrected chi connectivity index (χ0v) is 13.3. The molecule has 0 fully saturated rings. The molecule has 0 amide bonds. The van der Waals surface area contributed by atoms with Crippen molar-refractivity contribution in [1.82, 2.24) is 4.90 Å². The van der Waals surface area contributed by atoms with Gasteiger partial charge in [0, 0.05) is 19.3 Å². The summed E-state index contributed by atoms with van der Waals surface area (Å²) in [6.07, 6.45) is 8.39. The van der Waals surface area contributed by atoms with Gasteiger partial charge in [0.2, 0.25) is 0 Å². The lowest BCUT2D eigenvalue weighted by Gasteiger charge is -2.14. The van der Waals surface area contributed by atoms with Crippen molar-refractivity contribution < 1.29 is 9.90 Å². The molecule has 0 bridgehead atoms. The van der Waals surface area contributed by atoms with Gasteiger partial charge in [0.1, 0.15) is 6.04 Å². The second-order valence-electron chi connectivity index (χ2n) is 4.92. The highest BCUT2D eigenvalue weighted by Gasteiger charge is 2.21. The Hall–Kier alpha value is -1.58. The molecule has 0 aliphatic rings. The fourth-order valence-electron chi connectivity index (χ4n) is 1.67. The maximum absolute atomic E-state index is 11.1. The van der Waals surface area contributed by atoms with Gasteiger partial charge in [-0.1, -0.05) is 26.3 Å². The predicted molar refractivity (Wildman–Crippen MR) is 85.2 cm³/mol. The molecule has 0 spiro atoms. The van der Waals surface area contributed by atoms with Crippen molar-refractivity contribution in [3.8, 4) is 0 Å². The summed E-state index contributed by atoms with van der Waals surface area (Å²) in [7, 11) is 0. The normalized spacial score (nSPS) is 15.8. The maximum Gasteiger partial charge on any atom is 0.328 e. The van der Waals surface area contributed by atoms with Crippen LogP contribution in [0.1, 0.15) is 41.0 Å². The molecular formula is C16H28N2O2. The lowest BCUT2D eigenvalue weighted by Crippen LogP contribution is -2.25. The van der Waals surface area contributed by atoms with Crippen LogP contribution >= 0.6 is 0 Å². The zero-order chi connectivity index (χ0) is 15.5. The number of hydrogen-bond acceptors (Lipinski definition) is 3. The van der Waals surface area contributed by atoms with E-state index >= 15 is 0 Å². The molecule has 0 aliphatic carbocycles. The molecule has 4 heteroatoms. The zero-order valence-electron chi connectivity index (χ0n) is 13.3. The van der Waals surface area contributed by atoms with Gasteiger partial charge in [0.15, 0.2) is 0 Å². The van der Waals surface area contributed by atoms with Gasteiger partial charge >= 0.3 is 5.97 Å². The summed E-state index contributed by atoms with van der Waals surface area (Å²) < 4.78 is 0. The Morgan fingerprint density at radius 3 is 2.35 bits per heavy atom. The minimum atomic E-state index is -0.859. The van der Waals surface area contributed by atoms with Gasteiger partial charge in [-0.05, 0) is 44.5 Å². The molecule has 0 saturated heterocycles. The summed E-state index contributed by atoms with van der Waals surface area (Å²) in [5.74, 6) is -0.815. The van der Waals surface area contributed by atoms with E-state index in [0.29, 0.717) is 0 Å². The van der Waals surface area contributed by atoms with Crippen LogP contribution in [0, 0.1) is 5.92 Å². The minimum Gasteiger partial charge on any atom is -0.480 e. The topological polar surface area (TPSA) is 52.9 Å². The van der Waals surface area contributed by atoms with Crippen LogP contribution < -0.4 is 0 Å². The van der Waals surface area contributed by atoms with E-state index in [0.717, 1.165) is 25.1 Å². The number of carbonyl (C=O) groups is 1. The second kappa shape index (κ2) is 10.2. The molecule has 0 radical (unpaired) electrons. The highest BCUT2D eigenvalue weighted by atomic mass is 16.4. The van der Waals surface area contributed by atoms with Gasteiger partial charge in [-0.3, -0.25) is 4.99 Å². The third-order valence-corrected chi connectivity index (χ3v) is 3.34. The molecule has 0 heterocycles. The van der Waals surface area contributed by atoms with Crippen molar-refractivity contribution in [2.24, 2.45) is 10.9 Å². The van der Waals surface area contributed by atoms with Crippen LogP contribution in [0.15, 0.2) is 28.9 Å². The SMILES string of the molecule is CC[C@H](C)[C@H](N=C/C(C)=C/C=C/N(CC)CC)C(=O)O. The molecule has 0 unspecified atom stereocenters. The van der Waals surface area contributed by atoms with Gasteiger partial charge in [-0.15, -0.1) is 0 Å². The molecule has 0 aromatic carbocycles. The van der Waals surface area contributed by atoms with Gasteiger partial charge in [0.25, 0.3) is 0 Å². The number of carboxylic acids is 1. The van der Waals surface area contributed by atoms with Crippen molar-refractivity contribution in [2.75, 3.05) is 13.1 Å². The Morgan fingerprint density at radius 1 is 1.30 bits per heavy atom. The van der Waals surface area contributed by atoms with Crippen LogP contribution in [-0.4, -0.2) is 41.3 Å². The van der Waals surface area contributed by atoms with Crippen LogP contribution in [-0.2, 0) is 4.79 Å². The lowest BCUT2D eigenvalue weighted by molar-refractivity contribution is -0.139. The number of rotatable bonds is 9. The summed E-state index contributed by atoms with van der Waals surface area (Å²) in [6, 6.07) is -0.657. The van der Waals surface area contributed by atoms with E-state index in [1.54, 1.807) is 6.21 Å². The van der Waals surface area contributed by atoms with Gasteiger partial charge in [-0.2, -0.15) is 0 Å². The second-order valence-corrected chi connectivity index (χ2v) is 4.92. The Bertz CT molecular complexity index is 369. The molecule has 0 aromatic heterocycles. The first kappa shape index (κ1) is 18.4. The molecule has 114 valence electrons. The van der Waals surface area contributed by atoms with Crippen molar-refractivity contribution in [2.45, 2.75) is 47.1 Å². The van der Waals surface area contributed by atoms with Crippen LogP contribution in [0.25, 0.3) is 0 Å². The molecule has 0 aromatic rings. The van der Waals surface area contributed by atoms with Gasteiger partial charge < -0.3 is 10.0 Å². The first-order valence-electron chi connectivity index (χ1n) is 7.31. The molecule has 20 heavy (non-hydrogen) atoms. The molecule has 1 N–H and O–H groups in total. The molecule has 0 rings (SSSR count). The van der Waals surface area contributed by atoms with E-state index in [9.17, 15) is 4.79 Å². The average Bonchev–Trinajstić information content (AvgIpc) is 2.43. The first-order valence-corrected chi connectivity index (χ1v) is 7.31. The van der Waals surface area contributed by atoms with Crippen LogP contribution in [0.3, 0.4) is 0 Å². The van der Waals surface area contributed by atoms with Crippen LogP contribution in [0.5, 0.6) is 0 Å². The lowest BCUT2D eigenvalue weighted by atomic mass is 10.00. The van der Waals surface area contributed by atoms with Crippen molar-refractivity contribution in [1.29, 1.82) is 0 Å². The van der Waals surface area contributed by atoms with Crippen LogP contribution in [0.4, 0.5) is 0 Å². The third-order valence-electron chi connectivity index (χ3n) is 3.34. The summed E-state index contributed by atoms with van der Waals surface area (Å²) in [5.41, 5.74) is 0.947. The third kappa shape index (κ3) is 7.12. The Labute approximate surface area is 122 Å². The quantitative estimate of drug-likeness (QED) is 0.520. The van der Waals surface area contributed by atoms with Gasteiger partial charge in [0.05, 0.1) is 0 Å². The smallest absolute Gasteiger partial charge is 0.328 e. The standard InChI is InChI=1S/C16H28N2O2/c1-6-14(5)15(16(19)20)17-12-13(4)10-9-11-18(7-2)8-3/h9-12,14-15H,6-8H2,1-5H3,(H,19,20)/b11-9+,13-10+,17-12?/t14-,15-/m0/s1. The average molecular weight is 280 g/mol. The number of aliphatic imine (C=N–C) groups is 1. The van der Waals surface area contributed by atoms with Crippen molar-refractivity contribution in [3.63, 3.8) is 0 Å². The number of hydrogen-bond donors (Lipinski definition) is 1. The van der Waals surface area contributed by atoms with E-state index in [1.165, 1.54) is 0 Å². The van der Waals surface area contributed by atoms with E-state index in [2.05, 4.69) is 23.7 Å². The molecule has 0 saturated carbocycles. The van der Waals surface area contributed by atoms with E-state index in [-0.39, 0.29) is 5.92 Å². The first-order chi connectivity index (χ1) is 9.46. The largest absolute Gasteiger partial charge is 0.480 e. The minimum absolute atomic E-state index is 0.0442. The van der Waals surface area contributed by atoms with E-state index < -0.39 is 12.0 Å². The van der Waals surface area contributed by atoms with E-state index in [1.807, 2.05) is 39.1 Å². The van der Waals surface area contributed by atoms with Crippen molar-refractivity contribution in [3.05, 3.63) is 23.9 Å². The summed E-state index contributed by atoms with van der Waals surface area (Å²) in [6.45, 7) is 12.0. The number of aliphatic carboxylic acids is 1. The van der Waals surface area contributed by atoms with Gasteiger partial charge in [-0.25, -0.2) is 4.79 Å². The Kier molecular flexibility index (Phi) is 9.43. The number of nitrogens with zero attached hydrogens (tertiary/aromatic N) is 2. The van der Waals surface area contributed by atoms with Crippen molar-refractivity contribution >= 4 is 12.2 Å². The fraction of sp³-hybridized carbons (Fsp3) is 0.625. The summed E-state index contributed by atoms with van der Waals surface area (Å²) in [4.78, 5) is 17.5. The molecule has 4 nitrogen and oxygen atoms in total. The molecule has 0 aliphatic heterocycles. The monoisotopic (exact) mass is 280 g/mol. The summed E-state index contributed by atoms with van der Waals surface area (Å²) in [5, 5.41) is 9.15. The molecule has 2 atom stereocenters. The Balaban J connectivity index is 4.66. The highest BCUT2D eigenvalue weighted by molar-refractivity contribution is 5.82. The van der Waals surface area contributed by atoms with E-state index in [4.69, 9.17) is 5.11 Å². The fourth-order valence-corrected chi connectivity index (χ4v) is 1.67. The predicted octanol–water partition coefficient (Wildman–Crippen LogP) is 3.36. The molecular weight excluding hydrogens is 252 g/mol. The highest BCUT2D eigenvalue weighted by Crippen LogP contribution is 2.11. The number of carboxylic acid groups (broad SMARTS) is 1.